The number of benzene rings is 2. The van der Waals surface area contributed by atoms with Crippen LogP contribution in [0.15, 0.2) is 59.6 Å². The van der Waals surface area contributed by atoms with Crippen LogP contribution in [0.25, 0.3) is 0 Å². The summed E-state index contributed by atoms with van der Waals surface area (Å²) in [5, 5.41) is 0. The molecule has 0 aliphatic carbocycles. The first-order chi connectivity index (χ1) is 12.5. The van der Waals surface area contributed by atoms with Gasteiger partial charge in [0.15, 0.2) is 0 Å². The van der Waals surface area contributed by atoms with Crippen molar-refractivity contribution in [3.05, 3.63) is 71.3 Å². The first kappa shape index (κ1) is 21.6. The minimum atomic E-state index is -3.74. The molecule has 0 bridgehead atoms. The van der Waals surface area contributed by atoms with Crippen LogP contribution in [0.2, 0.25) is 0 Å². The van der Waals surface area contributed by atoms with Crippen LogP contribution >= 0.6 is 11.6 Å². The summed E-state index contributed by atoms with van der Waals surface area (Å²) in [6.45, 7) is 7.66. The van der Waals surface area contributed by atoms with E-state index in [0.717, 1.165) is 17.4 Å². The van der Waals surface area contributed by atoms with Crippen LogP contribution in [0.4, 0.5) is 0 Å². The van der Waals surface area contributed by atoms with Crippen molar-refractivity contribution >= 4 is 27.4 Å². The number of hydrogen-bond acceptors (Lipinski definition) is 4. The molecule has 2 aromatic rings. The van der Waals surface area contributed by atoms with Crippen LogP contribution in [0, 0.1) is 6.92 Å². The smallest absolute Gasteiger partial charge is 0.265 e. The average molecular weight is 408 g/mol. The van der Waals surface area contributed by atoms with Gasteiger partial charge in [-0.2, -0.15) is 8.42 Å². The summed E-state index contributed by atoms with van der Waals surface area (Å²) in [6, 6.07) is 16.9. The van der Waals surface area contributed by atoms with Crippen molar-refractivity contribution in [1.29, 1.82) is 0 Å². The van der Waals surface area contributed by atoms with E-state index in [0.29, 0.717) is 11.3 Å². The summed E-state index contributed by atoms with van der Waals surface area (Å²) in [5.74, 6) is 0. The number of nitrogens with zero attached hydrogens (tertiary/aromatic N) is 1. The zero-order chi connectivity index (χ0) is 20.2. The fraction of sp³-hybridized carbons (Fsp3) is 0.381. The number of halogens is 1. The summed E-state index contributed by atoms with van der Waals surface area (Å²) in [6.07, 6.45) is 0.107. The van der Waals surface area contributed by atoms with E-state index in [4.69, 9.17) is 20.8 Å². The topological polar surface area (TPSA) is 55.7 Å². The summed E-state index contributed by atoms with van der Waals surface area (Å²) < 4.78 is 29.4. The molecule has 0 aromatic heterocycles. The monoisotopic (exact) mass is 407 g/mol. The summed E-state index contributed by atoms with van der Waals surface area (Å²) in [7, 11) is -3.74. The highest BCUT2D eigenvalue weighted by molar-refractivity contribution is 7.86. The van der Waals surface area contributed by atoms with Gasteiger partial charge in [0.25, 0.3) is 10.1 Å². The van der Waals surface area contributed by atoms with E-state index in [1.807, 2.05) is 63.2 Å². The SMILES string of the molecule is Cc1ccc(C(=NC(C)C)[C@](C)(Cl)[C@@H](OS(C)(=O)=O)c2ccccc2)cc1. The van der Waals surface area contributed by atoms with E-state index in [1.165, 1.54) is 0 Å². The lowest BCUT2D eigenvalue weighted by molar-refractivity contribution is 0.196. The molecule has 0 saturated heterocycles. The molecule has 2 aromatic carbocycles. The first-order valence-electron chi connectivity index (χ1n) is 8.78. The quantitative estimate of drug-likeness (QED) is 0.372. The van der Waals surface area contributed by atoms with Gasteiger partial charge in [-0.3, -0.25) is 9.18 Å². The molecule has 0 radical (unpaired) electrons. The van der Waals surface area contributed by atoms with E-state index in [1.54, 1.807) is 19.1 Å². The molecule has 27 heavy (non-hydrogen) atoms. The number of hydrogen-bond donors (Lipinski definition) is 0. The highest BCUT2D eigenvalue weighted by Gasteiger charge is 2.42. The summed E-state index contributed by atoms with van der Waals surface area (Å²) in [5.41, 5.74) is 3.22. The van der Waals surface area contributed by atoms with Crippen LogP contribution in [0.3, 0.4) is 0 Å². The standard InChI is InChI=1S/C21H26ClNO3S/c1-15(2)23-19(17-13-11-16(3)12-14-17)21(4,22)20(26-27(5,24)25)18-9-7-6-8-10-18/h6-15,20H,1-5H3/t20-,21-/m0/s1. The molecule has 146 valence electrons. The molecule has 0 heterocycles. The third-order valence-corrected chi connectivity index (χ3v) is 4.96. The normalized spacial score (nSPS) is 16.2. The lowest BCUT2D eigenvalue weighted by atomic mass is 9.88. The van der Waals surface area contributed by atoms with E-state index in [9.17, 15) is 8.42 Å². The number of alkyl halides is 1. The van der Waals surface area contributed by atoms with Crippen LogP contribution in [0.5, 0.6) is 0 Å². The molecule has 2 atom stereocenters. The Bertz CT molecular complexity index is 889. The molecule has 0 saturated carbocycles. The van der Waals surface area contributed by atoms with Crippen molar-refractivity contribution < 1.29 is 12.6 Å². The van der Waals surface area contributed by atoms with Crippen LogP contribution in [-0.4, -0.2) is 31.3 Å². The summed E-state index contributed by atoms with van der Waals surface area (Å²) in [4.78, 5) is 3.53. The van der Waals surface area contributed by atoms with E-state index in [-0.39, 0.29) is 6.04 Å². The molecule has 0 fully saturated rings. The van der Waals surface area contributed by atoms with E-state index >= 15 is 0 Å². The third-order valence-electron chi connectivity index (χ3n) is 4.04. The number of aryl methyl sites for hydroxylation is 1. The van der Waals surface area contributed by atoms with E-state index < -0.39 is 21.1 Å². The Hall–Kier alpha value is -1.69. The molecule has 0 unspecified atom stereocenters. The van der Waals surface area contributed by atoms with Crippen molar-refractivity contribution in [3.8, 4) is 0 Å². The van der Waals surface area contributed by atoms with Gasteiger partial charge < -0.3 is 0 Å². The van der Waals surface area contributed by atoms with Gasteiger partial charge in [0.2, 0.25) is 0 Å². The first-order valence-corrected chi connectivity index (χ1v) is 11.0. The second kappa shape index (κ2) is 8.55. The van der Waals surface area contributed by atoms with Crippen molar-refractivity contribution in [2.75, 3.05) is 6.26 Å². The van der Waals surface area contributed by atoms with Gasteiger partial charge in [-0.1, -0.05) is 60.2 Å². The van der Waals surface area contributed by atoms with E-state index in [2.05, 4.69) is 0 Å². The Labute approximate surface area is 167 Å². The molecule has 2 rings (SSSR count). The molecule has 0 amide bonds. The van der Waals surface area contributed by atoms with Crippen molar-refractivity contribution in [2.45, 2.75) is 44.7 Å². The molecule has 4 nitrogen and oxygen atoms in total. The van der Waals surface area contributed by atoms with Gasteiger partial charge >= 0.3 is 0 Å². The maximum Gasteiger partial charge on any atom is 0.265 e. The third kappa shape index (κ3) is 5.89. The van der Waals surface area contributed by atoms with Gasteiger partial charge in [-0.15, -0.1) is 11.6 Å². The second-order valence-corrected chi connectivity index (χ2v) is 9.49. The summed E-state index contributed by atoms with van der Waals surface area (Å²) >= 11 is 7.01. The lowest BCUT2D eigenvalue weighted by Crippen LogP contribution is -2.39. The Balaban J connectivity index is 2.63. The van der Waals surface area contributed by atoms with Gasteiger partial charge in [-0.05, 0) is 38.8 Å². The van der Waals surface area contributed by atoms with Crippen LogP contribution in [0.1, 0.15) is 43.6 Å². The molecule has 0 aliphatic rings. The predicted octanol–water partition coefficient (Wildman–Crippen LogP) is 4.91. The minimum Gasteiger partial charge on any atom is -0.284 e. The highest BCUT2D eigenvalue weighted by atomic mass is 35.5. The van der Waals surface area contributed by atoms with Gasteiger partial charge in [0.1, 0.15) is 11.0 Å². The van der Waals surface area contributed by atoms with Crippen molar-refractivity contribution in [1.82, 2.24) is 0 Å². The van der Waals surface area contributed by atoms with Gasteiger partial charge in [0.05, 0.1) is 12.0 Å². The minimum absolute atomic E-state index is 0.0194. The Morgan fingerprint density at radius 1 is 1.07 bits per heavy atom. The van der Waals surface area contributed by atoms with Crippen molar-refractivity contribution in [2.24, 2.45) is 4.99 Å². The fourth-order valence-corrected chi connectivity index (χ4v) is 3.87. The Morgan fingerprint density at radius 2 is 1.63 bits per heavy atom. The second-order valence-electron chi connectivity index (χ2n) is 7.10. The molecule has 0 aliphatic heterocycles. The fourth-order valence-electron chi connectivity index (χ4n) is 2.84. The molecule has 0 N–H and O–H groups in total. The largest absolute Gasteiger partial charge is 0.284 e. The maximum absolute atomic E-state index is 12.0. The Kier molecular flexibility index (Phi) is 6.84. The van der Waals surface area contributed by atoms with Crippen LogP contribution < -0.4 is 0 Å². The van der Waals surface area contributed by atoms with Gasteiger partial charge in [-0.25, -0.2) is 0 Å². The van der Waals surface area contributed by atoms with Crippen molar-refractivity contribution in [3.63, 3.8) is 0 Å². The zero-order valence-corrected chi connectivity index (χ0v) is 17.9. The average Bonchev–Trinajstić information content (AvgIpc) is 2.58. The molecular weight excluding hydrogens is 382 g/mol. The van der Waals surface area contributed by atoms with Gasteiger partial charge in [0, 0.05) is 6.04 Å². The zero-order valence-electron chi connectivity index (χ0n) is 16.3. The maximum atomic E-state index is 12.0. The molecular formula is C21H26ClNO3S. The van der Waals surface area contributed by atoms with Crippen LogP contribution in [-0.2, 0) is 14.3 Å². The number of aliphatic imine (C=N–C) groups is 1. The number of rotatable bonds is 7. The highest BCUT2D eigenvalue weighted by Crippen LogP contribution is 2.39. The molecule has 6 heteroatoms. The lowest BCUT2D eigenvalue weighted by Gasteiger charge is -2.33. The molecule has 0 spiro atoms. The predicted molar refractivity (Wildman–Crippen MR) is 112 cm³/mol. The Morgan fingerprint density at radius 3 is 2.11 bits per heavy atom.